The first-order valence-corrected chi connectivity index (χ1v) is 7.23. The third kappa shape index (κ3) is 6.79. The zero-order valence-corrected chi connectivity index (χ0v) is 12.9. The summed E-state index contributed by atoms with van der Waals surface area (Å²) in [6, 6.07) is 9.47. The number of hydrogen-bond donors (Lipinski definition) is 2. The van der Waals surface area contributed by atoms with Crippen molar-refractivity contribution < 1.29 is 14.3 Å². The molecule has 0 saturated heterocycles. The lowest BCUT2D eigenvalue weighted by atomic mass is 9.97. The fourth-order valence-corrected chi connectivity index (χ4v) is 1.59. The van der Waals surface area contributed by atoms with Crippen molar-refractivity contribution in [2.45, 2.75) is 27.4 Å². The molecule has 0 aromatic heterocycles. The molecule has 1 aromatic rings. The molecule has 5 nitrogen and oxygen atoms in total. The lowest BCUT2D eigenvalue weighted by Gasteiger charge is -2.15. The van der Waals surface area contributed by atoms with E-state index in [1.807, 2.05) is 51.1 Å². The van der Waals surface area contributed by atoms with Crippen molar-refractivity contribution in [2.75, 3.05) is 13.1 Å². The fourth-order valence-electron chi connectivity index (χ4n) is 1.59. The Hall–Kier alpha value is -2.04. The summed E-state index contributed by atoms with van der Waals surface area (Å²) in [5, 5.41) is 5.38. The van der Waals surface area contributed by atoms with Crippen LogP contribution in [0.25, 0.3) is 0 Å². The summed E-state index contributed by atoms with van der Waals surface area (Å²) in [4.78, 5) is 23.1. The quantitative estimate of drug-likeness (QED) is 0.758. The molecule has 0 radical (unpaired) electrons. The van der Waals surface area contributed by atoms with E-state index in [2.05, 4.69) is 10.6 Å². The smallest absolute Gasteiger partial charge is 0.407 e. The molecule has 0 saturated carbocycles. The maximum atomic E-state index is 11.7. The van der Waals surface area contributed by atoms with Crippen molar-refractivity contribution in [3.8, 4) is 0 Å². The van der Waals surface area contributed by atoms with Crippen LogP contribution in [0.15, 0.2) is 30.3 Å². The van der Waals surface area contributed by atoms with Gasteiger partial charge in [0.25, 0.3) is 0 Å². The largest absolute Gasteiger partial charge is 0.445 e. The standard InChI is InChI=1S/C16H24N2O3/c1-12(2)13(3)15(19)17-9-10-18-16(20)21-11-14-7-5-4-6-8-14/h4-8,12-13H,9-11H2,1-3H3,(H,17,19)(H,18,20)/t13-/m1/s1. The lowest BCUT2D eigenvalue weighted by Crippen LogP contribution is -2.38. The molecule has 0 aliphatic heterocycles. The van der Waals surface area contributed by atoms with Gasteiger partial charge >= 0.3 is 6.09 Å². The number of hydrogen-bond acceptors (Lipinski definition) is 3. The first-order valence-electron chi connectivity index (χ1n) is 7.23. The van der Waals surface area contributed by atoms with Gasteiger partial charge in [-0.1, -0.05) is 51.1 Å². The van der Waals surface area contributed by atoms with Crippen molar-refractivity contribution in [3.05, 3.63) is 35.9 Å². The Morgan fingerprint density at radius 2 is 1.67 bits per heavy atom. The molecule has 21 heavy (non-hydrogen) atoms. The molecule has 1 rings (SSSR count). The second-order valence-electron chi connectivity index (χ2n) is 5.31. The van der Waals surface area contributed by atoms with Gasteiger partial charge in [0.05, 0.1) is 0 Å². The minimum Gasteiger partial charge on any atom is -0.445 e. The van der Waals surface area contributed by atoms with E-state index in [9.17, 15) is 9.59 Å². The number of alkyl carbamates (subject to hydrolysis) is 1. The van der Waals surface area contributed by atoms with Crippen LogP contribution in [0.4, 0.5) is 4.79 Å². The molecule has 5 heteroatoms. The van der Waals surface area contributed by atoms with Gasteiger partial charge in [-0.2, -0.15) is 0 Å². The maximum absolute atomic E-state index is 11.7. The second-order valence-corrected chi connectivity index (χ2v) is 5.31. The summed E-state index contributed by atoms with van der Waals surface area (Å²) in [6.45, 7) is 6.89. The normalized spacial score (nSPS) is 11.8. The number of carbonyl (C=O) groups excluding carboxylic acids is 2. The van der Waals surface area contributed by atoms with Crippen molar-refractivity contribution in [2.24, 2.45) is 11.8 Å². The van der Waals surface area contributed by atoms with Gasteiger partial charge in [-0.25, -0.2) is 4.79 Å². The van der Waals surface area contributed by atoms with Crippen LogP contribution in [0.2, 0.25) is 0 Å². The van der Waals surface area contributed by atoms with Crippen LogP contribution in [-0.2, 0) is 16.1 Å². The molecular formula is C16H24N2O3. The molecule has 116 valence electrons. The maximum Gasteiger partial charge on any atom is 0.407 e. The van der Waals surface area contributed by atoms with E-state index in [1.165, 1.54) is 0 Å². The van der Waals surface area contributed by atoms with Gasteiger partial charge < -0.3 is 15.4 Å². The van der Waals surface area contributed by atoms with Crippen LogP contribution in [0.3, 0.4) is 0 Å². The fraction of sp³-hybridized carbons (Fsp3) is 0.500. The van der Waals surface area contributed by atoms with E-state index < -0.39 is 6.09 Å². The van der Waals surface area contributed by atoms with Crippen LogP contribution in [-0.4, -0.2) is 25.1 Å². The third-order valence-electron chi connectivity index (χ3n) is 3.32. The molecular weight excluding hydrogens is 268 g/mol. The van der Waals surface area contributed by atoms with Gasteiger partial charge in [0.1, 0.15) is 6.61 Å². The Bertz CT molecular complexity index is 446. The summed E-state index contributed by atoms with van der Waals surface area (Å²) >= 11 is 0. The molecule has 2 N–H and O–H groups in total. The lowest BCUT2D eigenvalue weighted by molar-refractivity contribution is -0.125. The van der Waals surface area contributed by atoms with Crippen LogP contribution in [0.1, 0.15) is 26.3 Å². The second kappa shape index (κ2) is 9.00. The minimum absolute atomic E-state index is 0.00412. The molecule has 1 atom stereocenters. The number of benzene rings is 1. The Morgan fingerprint density at radius 3 is 2.29 bits per heavy atom. The highest BCUT2D eigenvalue weighted by Gasteiger charge is 2.15. The van der Waals surface area contributed by atoms with Crippen LogP contribution in [0, 0.1) is 11.8 Å². The number of nitrogens with one attached hydrogen (secondary N) is 2. The molecule has 0 aliphatic rings. The highest BCUT2D eigenvalue weighted by Crippen LogP contribution is 2.08. The van der Waals surface area contributed by atoms with Gasteiger partial charge in [-0.15, -0.1) is 0 Å². The highest BCUT2D eigenvalue weighted by atomic mass is 16.5. The first kappa shape index (κ1) is 17.0. The highest BCUT2D eigenvalue weighted by molar-refractivity contribution is 5.78. The molecule has 0 fully saturated rings. The molecule has 0 heterocycles. The number of amides is 2. The van der Waals surface area contributed by atoms with Gasteiger partial charge in [-0.05, 0) is 11.5 Å². The monoisotopic (exact) mass is 292 g/mol. The summed E-state index contributed by atoms with van der Waals surface area (Å²) in [7, 11) is 0. The van der Waals surface area contributed by atoms with Gasteiger partial charge in [0.2, 0.25) is 5.91 Å². The Morgan fingerprint density at radius 1 is 1.05 bits per heavy atom. The van der Waals surface area contributed by atoms with Crippen LogP contribution in [0.5, 0.6) is 0 Å². The van der Waals surface area contributed by atoms with Crippen molar-refractivity contribution >= 4 is 12.0 Å². The van der Waals surface area contributed by atoms with Crippen molar-refractivity contribution in [1.29, 1.82) is 0 Å². The Labute approximate surface area is 126 Å². The summed E-state index contributed by atoms with van der Waals surface area (Å²) in [5.41, 5.74) is 0.937. The Kier molecular flexibility index (Phi) is 7.29. The first-order chi connectivity index (χ1) is 10.0. The van der Waals surface area contributed by atoms with E-state index in [0.29, 0.717) is 19.0 Å². The molecule has 0 unspecified atom stereocenters. The van der Waals surface area contributed by atoms with E-state index in [4.69, 9.17) is 4.74 Å². The third-order valence-corrected chi connectivity index (χ3v) is 3.32. The van der Waals surface area contributed by atoms with Crippen molar-refractivity contribution in [3.63, 3.8) is 0 Å². The molecule has 0 aliphatic carbocycles. The topological polar surface area (TPSA) is 67.4 Å². The van der Waals surface area contributed by atoms with Crippen LogP contribution >= 0.6 is 0 Å². The van der Waals surface area contributed by atoms with Gasteiger partial charge in [0, 0.05) is 19.0 Å². The summed E-state index contributed by atoms with van der Waals surface area (Å²) in [6.07, 6.45) is -0.481. The molecule has 2 amide bonds. The minimum atomic E-state index is -0.481. The van der Waals surface area contributed by atoms with Crippen LogP contribution < -0.4 is 10.6 Å². The van der Waals surface area contributed by atoms with E-state index in [0.717, 1.165) is 5.56 Å². The number of rotatable bonds is 7. The zero-order chi connectivity index (χ0) is 15.7. The Balaban J connectivity index is 2.12. The average Bonchev–Trinajstić information content (AvgIpc) is 2.49. The predicted octanol–water partition coefficient (Wildman–Crippen LogP) is 2.32. The molecule has 0 bridgehead atoms. The van der Waals surface area contributed by atoms with Crippen molar-refractivity contribution in [1.82, 2.24) is 10.6 Å². The van der Waals surface area contributed by atoms with Gasteiger partial charge in [0.15, 0.2) is 0 Å². The SMILES string of the molecule is CC(C)[C@@H](C)C(=O)NCCNC(=O)OCc1ccccc1. The van der Waals surface area contributed by atoms with Gasteiger partial charge in [-0.3, -0.25) is 4.79 Å². The van der Waals surface area contributed by atoms with E-state index >= 15 is 0 Å². The summed E-state index contributed by atoms with van der Waals surface area (Å²) in [5.74, 6) is 0.272. The summed E-state index contributed by atoms with van der Waals surface area (Å²) < 4.78 is 5.06. The average molecular weight is 292 g/mol. The van der Waals surface area contributed by atoms with E-state index in [-0.39, 0.29) is 18.4 Å². The molecule has 0 spiro atoms. The van der Waals surface area contributed by atoms with E-state index in [1.54, 1.807) is 0 Å². The predicted molar refractivity (Wildman–Crippen MR) is 81.6 cm³/mol. The molecule has 1 aromatic carbocycles. The number of ether oxygens (including phenoxy) is 1. The zero-order valence-electron chi connectivity index (χ0n) is 12.9. The number of carbonyl (C=O) groups is 2.